The summed E-state index contributed by atoms with van der Waals surface area (Å²) in [5.41, 5.74) is 8.29. The van der Waals surface area contributed by atoms with Gasteiger partial charge in [-0.05, 0) is 33.1 Å². The fourth-order valence-electron chi connectivity index (χ4n) is 1.47. The molecule has 2 aromatic rings. The minimum absolute atomic E-state index is 0.0882. The zero-order chi connectivity index (χ0) is 11.5. The van der Waals surface area contributed by atoms with Crippen molar-refractivity contribution in [3.63, 3.8) is 0 Å². The normalized spacial score (nSPS) is 10.1. The number of halogens is 1. The Balaban J connectivity index is 2.43. The molecule has 2 rings (SSSR count). The number of benzene rings is 2. The van der Waals surface area contributed by atoms with Crippen molar-refractivity contribution in [1.82, 2.24) is 0 Å². The van der Waals surface area contributed by atoms with Gasteiger partial charge in [-0.2, -0.15) is 0 Å². The summed E-state index contributed by atoms with van der Waals surface area (Å²) in [6.45, 7) is 0. The summed E-state index contributed by atoms with van der Waals surface area (Å²) in [5.74, 6) is 0.0882. The molecule has 0 heterocycles. The summed E-state index contributed by atoms with van der Waals surface area (Å²) in [6, 6.07) is 16.5. The Kier molecular flexibility index (Phi) is 3.06. The summed E-state index contributed by atoms with van der Waals surface area (Å²) < 4.78 is 0.936. The molecule has 0 saturated heterocycles. The molecule has 0 atom stereocenters. The first kappa shape index (κ1) is 10.9. The van der Waals surface area contributed by atoms with E-state index in [2.05, 4.69) is 22.0 Å². The van der Waals surface area contributed by atoms with Gasteiger partial charge < -0.3 is 5.73 Å². The van der Waals surface area contributed by atoms with E-state index >= 15 is 0 Å². The summed E-state index contributed by atoms with van der Waals surface area (Å²) >= 11 is 3.46. The molecule has 16 heavy (non-hydrogen) atoms. The third kappa shape index (κ3) is 2.14. The van der Waals surface area contributed by atoms with Crippen LogP contribution in [0.4, 0.5) is 0 Å². The molecule has 0 amide bonds. The first-order valence-electron chi connectivity index (χ1n) is 4.79. The quantitative estimate of drug-likeness (QED) is 0.641. The molecule has 3 N–H and O–H groups in total. The van der Waals surface area contributed by atoms with E-state index in [1.165, 1.54) is 0 Å². The smallest absolute Gasteiger partial charge is 0.122 e. The highest BCUT2D eigenvalue weighted by molar-refractivity contribution is 9.10. The Morgan fingerprint density at radius 3 is 2.44 bits per heavy atom. The molecule has 0 fully saturated rings. The monoisotopic (exact) mass is 273 g/mol. The molecule has 1 radical (unpaired) electrons. The molecule has 0 spiro atoms. The minimum Gasteiger partial charge on any atom is -0.384 e. The molecule has 0 aliphatic carbocycles. The zero-order valence-electron chi connectivity index (χ0n) is 8.50. The average Bonchev–Trinajstić information content (AvgIpc) is 2.30. The van der Waals surface area contributed by atoms with Gasteiger partial charge in [-0.1, -0.05) is 42.5 Å². The Morgan fingerprint density at radius 1 is 1.19 bits per heavy atom. The van der Waals surface area contributed by atoms with E-state index in [1.54, 1.807) is 0 Å². The molecule has 0 aliphatic rings. The highest BCUT2D eigenvalue weighted by Gasteiger charge is 2.02. The van der Waals surface area contributed by atoms with Crippen LogP contribution in [0.1, 0.15) is 5.56 Å². The number of nitrogens with one attached hydrogen (secondary N) is 1. The standard InChI is InChI=1S/C13H10BrN2/c14-12-4-2-1-3-11(12)9-5-7-10(8-6-9)13(15)16/h1-3,5-8H,(H3,15,16). The number of nitrogens with two attached hydrogens (primary N) is 1. The third-order valence-corrected chi connectivity index (χ3v) is 2.97. The van der Waals surface area contributed by atoms with Crippen molar-refractivity contribution in [2.75, 3.05) is 0 Å². The maximum absolute atomic E-state index is 7.32. The van der Waals surface area contributed by atoms with E-state index in [-0.39, 0.29) is 5.84 Å². The number of nitrogen functional groups attached to an aromatic ring is 1. The summed E-state index contributed by atoms with van der Waals surface area (Å²) in [5, 5.41) is 7.32. The number of rotatable bonds is 2. The van der Waals surface area contributed by atoms with Gasteiger partial charge in [0, 0.05) is 10.0 Å². The lowest BCUT2D eigenvalue weighted by Gasteiger charge is -2.05. The number of hydrogen-bond acceptors (Lipinski definition) is 1. The van der Waals surface area contributed by atoms with E-state index in [0.717, 1.165) is 21.2 Å². The molecule has 2 aromatic carbocycles. The summed E-state index contributed by atoms with van der Waals surface area (Å²) in [4.78, 5) is 0. The maximum Gasteiger partial charge on any atom is 0.122 e. The zero-order valence-corrected chi connectivity index (χ0v) is 10.1. The van der Waals surface area contributed by atoms with Crippen molar-refractivity contribution in [3.05, 3.63) is 58.6 Å². The second kappa shape index (κ2) is 4.49. The molecule has 0 bridgehead atoms. The molecule has 0 unspecified atom stereocenters. The van der Waals surface area contributed by atoms with Crippen LogP contribution in [0, 0.1) is 11.5 Å². The molecule has 0 saturated carbocycles. The van der Waals surface area contributed by atoms with E-state index in [4.69, 9.17) is 11.1 Å². The average molecular weight is 274 g/mol. The lowest BCUT2D eigenvalue weighted by molar-refractivity contribution is 1.42. The SMILES string of the molecule is N=C(N)c1ccc(-c2ccc[c]c2Br)cc1. The Bertz CT molecular complexity index is 518. The highest BCUT2D eigenvalue weighted by atomic mass is 79.9. The van der Waals surface area contributed by atoms with E-state index in [1.807, 2.05) is 42.5 Å². The topological polar surface area (TPSA) is 49.9 Å². The van der Waals surface area contributed by atoms with Crippen LogP contribution in [0.25, 0.3) is 11.1 Å². The Labute approximate surface area is 103 Å². The molecule has 2 nitrogen and oxygen atoms in total. The van der Waals surface area contributed by atoms with Crippen molar-refractivity contribution >= 4 is 21.8 Å². The first-order valence-corrected chi connectivity index (χ1v) is 5.59. The fourth-order valence-corrected chi connectivity index (χ4v) is 1.96. The van der Waals surface area contributed by atoms with E-state index in [0.29, 0.717) is 0 Å². The number of hydrogen-bond donors (Lipinski definition) is 2. The lowest BCUT2D eigenvalue weighted by atomic mass is 10.0. The minimum atomic E-state index is 0.0882. The van der Waals surface area contributed by atoms with Crippen LogP contribution in [0.3, 0.4) is 0 Å². The van der Waals surface area contributed by atoms with Gasteiger partial charge in [0.2, 0.25) is 0 Å². The predicted molar refractivity (Wildman–Crippen MR) is 69.4 cm³/mol. The van der Waals surface area contributed by atoms with Gasteiger partial charge in [-0.3, -0.25) is 5.41 Å². The van der Waals surface area contributed by atoms with Gasteiger partial charge in [0.05, 0.1) is 0 Å². The van der Waals surface area contributed by atoms with Crippen LogP contribution < -0.4 is 5.73 Å². The largest absolute Gasteiger partial charge is 0.384 e. The Morgan fingerprint density at radius 2 is 1.88 bits per heavy atom. The van der Waals surface area contributed by atoms with Crippen LogP contribution in [0.2, 0.25) is 0 Å². The van der Waals surface area contributed by atoms with Gasteiger partial charge in [-0.15, -0.1) is 0 Å². The fraction of sp³-hybridized carbons (Fsp3) is 0. The maximum atomic E-state index is 7.32. The van der Waals surface area contributed by atoms with Gasteiger partial charge in [-0.25, -0.2) is 0 Å². The van der Waals surface area contributed by atoms with Crippen molar-refractivity contribution in [2.24, 2.45) is 5.73 Å². The van der Waals surface area contributed by atoms with Crippen molar-refractivity contribution in [1.29, 1.82) is 5.41 Å². The van der Waals surface area contributed by atoms with Crippen LogP contribution in [0.5, 0.6) is 0 Å². The van der Waals surface area contributed by atoms with E-state index < -0.39 is 0 Å². The Hall–Kier alpha value is -1.61. The van der Waals surface area contributed by atoms with Gasteiger partial charge >= 0.3 is 0 Å². The van der Waals surface area contributed by atoms with Crippen LogP contribution >= 0.6 is 15.9 Å². The summed E-state index contributed by atoms with van der Waals surface area (Å²) in [7, 11) is 0. The summed E-state index contributed by atoms with van der Waals surface area (Å²) in [6.07, 6.45) is 0. The molecule has 3 heteroatoms. The third-order valence-electron chi connectivity index (χ3n) is 2.31. The van der Waals surface area contributed by atoms with Crippen LogP contribution in [0.15, 0.2) is 46.9 Å². The molecule has 79 valence electrons. The van der Waals surface area contributed by atoms with Crippen molar-refractivity contribution in [2.45, 2.75) is 0 Å². The highest BCUT2D eigenvalue weighted by Crippen LogP contribution is 2.27. The second-order valence-corrected chi connectivity index (χ2v) is 4.18. The lowest BCUT2D eigenvalue weighted by Crippen LogP contribution is -2.10. The van der Waals surface area contributed by atoms with Crippen molar-refractivity contribution < 1.29 is 0 Å². The molecular formula is C13H10BrN2. The second-order valence-electron chi connectivity index (χ2n) is 3.39. The van der Waals surface area contributed by atoms with Gasteiger partial charge in [0.1, 0.15) is 5.84 Å². The van der Waals surface area contributed by atoms with Crippen molar-refractivity contribution in [3.8, 4) is 11.1 Å². The van der Waals surface area contributed by atoms with E-state index in [9.17, 15) is 0 Å². The molecule has 0 aromatic heterocycles. The van der Waals surface area contributed by atoms with Crippen LogP contribution in [-0.2, 0) is 0 Å². The van der Waals surface area contributed by atoms with Gasteiger partial charge in [0.25, 0.3) is 0 Å². The molecular weight excluding hydrogens is 264 g/mol. The first-order chi connectivity index (χ1) is 7.68. The van der Waals surface area contributed by atoms with Crippen LogP contribution in [-0.4, -0.2) is 5.84 Å². The molecule has 0 aliphatic heterocycles. The number of amidine groups is 1. The predicted octanol–water partition coefficient (Wildman–Crippen LogP) is 3.20. The van der Waals surface area contributed by atoms with Gasteiger partial charge in [0.15, 0.2) is 0 Å².